The molecule has 8 heavy (non-hydrogen) atoms. The lowest BCUT2D eigenvalue weighted by molar-refractivity contribution is 0.605. The topological polar surface area (TPSA) is 0 Å². The Hall–Kier alpha value is -0.330. The molecule has 0 rings (SSSR count). The summed E-state index contributed by atoms with van der Waals surface area (Å²) in [5, 5.41) is 0. The Balaban J connectivity index is 3.29. The highest BCUT2D eigenvalue weighted by atomic mass is 19.1. The predicted octanol–water partition coefficient (Wildman–Crippen LogP) is 2.91. The minimum Gasteiger partial charge on any atom is -0.212 e. The van der Waals surface area contributed by atoms with Gasteiger partial charge in [0.05, 0.1) is 5.83 Å². The minimum absolute atomic E-state index is 0.0706. The molecule has 0 aromatic rings. The van der Waals surface area contributed by atoms with Crippen LogP contribution in [-0.4, -0.2) is 0 Å². The molecule has 0 atom stereocenters. The maximum atomic E-state index is 11.9. The first kappa shape index (κ1) is 7.67. The second kappa shape index (κ2) is 3.65. The van der Waals surface area contributed by atoms with E-state index in [1.807, 2.05) is 0 Å². The summed E-state index contributed by atoms with van der Waals surface area (Å²) in [5.74, 6) is 0.499. The summed E-state index contributed by atoms with van der Waals surface area (Å²) in [6.07, 6.45) is 2.47. The van der Waals surface area contributed by atoms with Crippen molar-refractivity contribution in [1.82, 2.24) is 0 Å². The maximum Gasteiger partial charge on any atom is 0.0929 e. The van der Waals surface area contributed by atoms with E-state index < -0.39 is 0 Å². The van der Waals surface area contributed by atoms with Gasteiger partial charge in [-0.2, -0.15) is 0 Å². The molecule has 0 aromatic carbocycles. The molecule has 0 aliphatic rings. The van der Waals surface area contributed by atoms with E-state index in [2.05, 4.69) is 13.8 Å². The van der Waals surface area contributed by atoms with Crippen LogP contribution in [0.4, 0.5) is 4.39 Å². The zero-order valence-electron chi connectivity index (χ0n) is 5.74. The molecule has 0 fully saturated rings. The average Bonchev–Trinajstić information content (AvgIpc) is 1.61. The largest absolute Gasteiger partial charge is 0.212 e. The van der Waals surface area contributed by atoms with Crippen LogP contribution in [0.1, 0.15) is 27.2 Å². The lowest BCUT2D eigenvalue weighted by atomic mass is 10.1. The Morgan fingerprint density at radius 1 is 1.62 bits per heavy atom. The number of allylic oxidation sites excluding steroid dienone is 2. The monoisotopic (exact) mass is 116 g/mol. The van der Waals surface area contributed by atoms with Gasteiger partial charge in [-0.05, 0) is 19.3 Å². The van der Waals surface area contributed by atoms with Gasteiger partial charge in [0.2, 0.25) is 0 Å². The average molecular weight is 116 g/mol. The third kappa shape index (κ3) is 5.67. The Bertz CT molecular complexity index is 78.4. The van der Waals surface area contributed by atoms with Gasteiger partial charge in [0.1, 0.15) is 0 Å². The normalized spacial score (nSPS) is 12.9. The van der Waals surface area contributed by atoms with Gasteiger partial charge >= 0.3 is 0 Å². The van der Waals surface area contributed by atoms with E-state index in [1.165, 1.54) is 6.92 Å². The minimum atomic E-state index is -0.0706. The summed E-state index contributed by atoms with van der Waals surface area (Å²) in [5.41, 5.74) is 0. The SMILES string of the molecule is C/C(F)=C/CC(C)C. The highest BCUT2D eigenvalue weighted by Crippen LogP contribution is 2.03. The fourth-order valence-electron chi connectivity index (χ4n) is 0.398. The second-order valence-corrected chi connectivity index (χ2v) is 2.42. The van der Waals surface area contributed by atoms with Crippen molar-refractivity contribution in [3.63, 3.8) is 0 Å². The van der Waals surface area contributed by atoms with Crippen molar-refractivity contribution in [2.24, 2.45) is 5.92 Å². The molecule has 1 heteroatoms. The van der Waals surface area contributed by atoms with E-state index in [0.717, 1.165) is 6.42 Å². The zero-order valence-corrected chi connectivity index (χ0v) is 5.74. The Morgan fingerprint density at radius 3 is 2.25 bits per heavy atom. The fraction of sp³-hybridized carbons (Fsp3) is 0.714. The van der Waals surface area contributed by atoms with Gasteiger partial charge in [0.15, 0.2) is 0 Å². The van der Waals surface area contributed by atoms with E-state index in [0.29, 0.717) is 5.92 Å². The molecule has 0 saturated carbocycles. The van der Waals surface area contributed by atoms with Gasteiger partial charge in [0.25, 0.3) is 0 Å². The third-order valence-electron chi connectivity index (χ3n) is 0.871. The van der Waals surface area contributed by atoms with Crippen LogP contribution in [0, 0.1) is 5.92 Å². The van der Waals surface area contributed by atoms with Gasteiger partial charge < -0.3 is 0 Å². The van der Waals surface area contributed by atoms with Crippen LogP contribution in [0.25, 0.3) is 0 Å². The Kier molecular flexibility index (Phi) is 3.49. The van der Waals surface area contributed by atoms with Crippen molar-refractivity contribution < 1.29 is 4.39 Å². The molecule has 0 radical (unpaired) electrons. The van der Waals surface area contributed by atoms with Gasteiger partial charge in [0, 0.05) is 0 Å². The molecule has 0 aliphatic heterocycles. The molecule has 0 saturated heterocycles. The Morgan fingerprint density at radius 2 is 2.12 bits per heavy atom. The summed E-state index contributed by atoms with van der Waals surface area (Å²) in [6, 6.07) is 0. The predicted molar refractivity (Wildman–Crippen MR) is 34.3 cm³/mol. The highest BCUT2D eigenvalue weighted by Gasteiger charge is 1.88. The lowest BCUT2D eigenvalue weighted by Gasteiger charge is -1.95. The summed E-state index contributed by atoms with van der Waals surface area (Å²) < 4.78 is 11.9. The van der Waals surface area contributed by atoms with E-state index in [4.69, 9.17) is 0 Å². The summed E-state index contributed by atoms with van der Waals surface area (Å²) >= 11 is 0. The van der Waals surface area contributed by atoms with E-state index in [-0.39, 0.29) is 5.83 Å². The third-order valence-corrected chi connectivity index (χ3v) is 0.871. The van der Waals surface area contributed by atoms with E-state index >= 15 is 0 Å². The van der Waals surface area contributed by atoms with Crippen molar-refractivity contribution in [3.05, 3.63) is 11.9 Å². The Labute approximate surface area is 50.4 Å². The van der Waals surface area contributed by atoms with Crippen molar-refractivity contribution in [2.75, 3.05) is 0 Å². The van der Waals surface area contributed by atoms with E-state index in [9.17, 15) is 4.39 Å². The quantitative estimate of drug-likeness (QED) is 0.520. The highest BCUT2D eigenvalue weighted by molar-refractivity contribution is 4.86. The first-order chi connectivity index (χ1) is 3.63. The number of halogens is 1. The number of hydrogen-bond acceptors (Lipinski definition) is 0. The number of hydrogen-bond donors (Lipinski definition) is 0. The van der Waals surface area contributed by atoms with Gasteiger partial charge in [-0.25, -0.2) is 4.39 Å². The smallest absolute Gasteiger partial charge is 0.0929 e. The van der Waals surface area contributed by atoms with Crippen LogP contribution in [0.15, 0.2) is 11.9 Å². The van der Waals surface area contributed by atoms with Crippen molar-refractivity contribution >= 4 is 0 Å². The van der Waals surface area contributed by atoms with Crippen molar-refractivity contribution in [3.8, 4) is 0 Å². The summed E-state index contributed by atoms with van der Waals surface area (Å²) in [4.78, 5) is 0. The standard InChI is InChI=1S/C7H13F/c1-6(2)4-5-7(3)8/h5-6H,4H2,1-3H3/b7-5-. The lowest BCUT2D eigenvalue weighted by Crippen LogP contribution is -1.81. The second-order valence-electron chi connectivity index (χ2n) is 2.42. The summed E-state index contributed by atoms with van der Waals surface area (Å²) in [7, 11) is 0. The molecule has 0 N–H and O–H groups in total. The van der Waals surface area contributed by atoms with Crippen molar-refractivity contribution in [1.29, 1.82) is 0 Å². The molecule has 48 valence electrons. The first-order valence-corrected chi connectivity index (χ1v) is 2.95. The molecule has 0 heterocycles. The molecule has 0 spiro atoms. The molecular formula is C7H13F. The van der Waals surface area contributed by atoms with Crippen LogP contribution in [-0.2, 0) is 0 Å². The van der Waals surface area contributed by atoms with Crippen molar-refractivity contribution in [2.45, 2.75) is 27.2 Å². The molecular weight excluding hydrogens is 103 g/mol. The molecule has 0 nitrogen and oxygen atoms in total. The molecule has 0 amide bonds. The van der Waals surface area contributed by atoms with Gasteiger partial charge in [-0.1, -0.05) is 19.9 Å². The van der Waals surface area contributed by atoms with Crippen LogP contribution in [0.3, 0.4) is 0 Å². The first-order valence-electron chi connectivity index (χ1n) is 2.95. The number of rotatable bonds is 2. The van der Waals surface area contributed by atoms with E-state index in [1.54, 1.807) is 6.08 Å². The fourth-order valence-corrected chi connectivity index (χ4v) is 0.398. The summed E-state index contributed by atoms with van der Waals surface area (Å²) in [6.45, 7) is 5.61. The van der Waals surface area contributed by atoms with Gasteiger partial charge in [-0.15, -0.1) is 0 Å². The van der Waals surface area contributed by atoms with Crippen LogP contribution in [0.5, 0.6) is 0 Å². The zero-order chi connectivity index (χ0) is 6.57. The molecule has 0 unspecified atom stereocenters. The van der Waals surface area contributed by atoms with Crippen LogP contribution >= 0.6 is 0 Å². The molecule has 0 bridgehead atoms. The maximum absolute atomic E-state index is 11.9. The molecule has 0 aliphatic carbocycles. The van der Waals surface area contributed by atoms with Crippen LogP contribution in [0.2, 0.25) is 0 Å². The van der Waals surface area contributed by atoms with Gasteiger partial charge in [-0.3, -0.25) is 0 Å². The van der Waals surface area contributed by atoms with Crippen LogP contribution < -0.4 is 0 Å². The molecule has 0 aromatic heterocycles.